The van der Waals surface area contributed by atoms with Crippen LogP contribution in [0.2, 0.25) is 10.0 Å². The van der Waals surface area contributed by atoms with Gasteiger partial charge in [0.2, 0.25) is 0 Å². The minimum atomic E-state index is 0.0258. The molecule has 1 unspecified atom stereocenters. The SMILES string of the molecule is Cc1cc(C(C)N)ccc1OCc1ccc(Cl)c(Cl)c1. The molecule has 0 aliphatic heterocycles. The Hall–Kier alpha value is -1.22. The Kier molecular flexibility index (Phi) is 4.92. The third kappa shape index (κ3) is 3.66. The lowest BCUT2D eigenvalue weighted by molar-refractivity contribution is 0.304. The molecule has 20 heavy (non-hydrogen) atoms. The van der Waals surface area contributed by atoms with Crippen molar-refractivity contribution < 1.29 is 4.74 Å². The molecule has 0 aliphatic carbocycles. The van der Waals surface area contributed by atoms with Gasteiger partial charge in [0.1, 0.15) is 12.4 Å². The Balaban J connectivity index is 2.09. The largest absolute Gasteiger partial charge is 0.489 e. The van der Waals surface area contributed by atoms with Crippen molar-refractivity contribution in [3.05, 3.63) is 63.1 Å². The molecule has 0 amide bonds. The number of hydrogen-bond acceptors (Lipinski definition) is 2. The minimum absolute atomic E-state index is 0.0258. The summed E-state index contributed by atoms with van der Waals surface area (Å²) in [4.78, 5) is 0. The molecule has 0 bridgehead atoms. The van der Waals surface area contributed by atoms with Gasteiger partial charge in [0.25, 0.3) is 0 Å². The van der Waals surface area contributed by atoms with Crippen molar-refractivity contribution in [1.29, 1.82) is 0 Å². The highest BCUT2D eigenvalue weighted by atomic mass is 35.5. The zero-order valence-corrected chi connectivity index (χ0v) is 13.0. The van der Waals surface area contributed by atoms with Crippen molar-refractivity contribution in [3.63, 3.8) is 0 Å². The van der Waals surface area contributed by atoms with Gasteiger partial charge in [-0.3, -0.25) is 0 Å². The normalized spacial score (nSPS) is 12.2. The Morgan fingerprint density at radius 1 is 1.10 bits per heavy atom. The highest BCUT2D eigenvalue weighted by Gasteiger charge is 2.05. The molecule has 0 radical (unpaired) electrons. The fourth-order valence-corrected chi connectivity index (χ4v) is 2.23. The second-order valence-corrected chi connectivity index (χ2v) is 5.67. The molecule has 2 aromatic carbocycles. The van der Waals surface area contributed by atoms with Gasteiger partial charge in [-0.05, 0) is 48.7 Å². The van der Waals surface area contributed by atoms with Crippen molar-refractivity contribution >= 4 is 23.2 Å². The first-order chi connectivity index (χ1) is 9.47. The summed E-state index contributed by atoms with van der Waals surface area (Å²) in [5.74, 6) is 0.848. The summed E-state index contributed by atoms with van der Waals surface area (Å²) in [6, 6.07) is 11.5. The summed E-state index contributed by atoms with van der Waals surface area (Å²) in [5, 5.41) is 1.09. The predicted molar refractivity (Wildman–Crippen MR) is 84.6 cm³/mol. The van der Waals surface area contributed by atoms with Crippen LogP contribution in [0.15, 0.2) is 36.4 Å². The number of rotatable bonds is 4. The Morgan fingerprint density at radius 3 is 2.45 bits per heavy atom. The zero-order valence-electron chi connectivity index (χ0n) is 11.5. The molecule has 1 atom stereocenters. The van der Waals surface area contributed by atoms with Crippen LogP contribution in [-0.4, -0.2) is 0 Å². The molecule has 0 heterocycles. The highest BCUT2D eigenvalue weighted by molar-refractivity contribution is 6.42. The van der Waals surface area contributed by atoms with Crippen LogP contribution in [0.25, 0.3) is 0 Å². The lowest BCUT2D eigenvalue weighted by atomic mass is 10.1. The first kappa shape index (κ1) is 15.2. The standard InChI is InChI=1S/C16H17Cl2NO/c1-10-7-13(11(2)19)4-6-16(10)20-9-12-3-5-14(17)15(18)8-12/h3-8,11H,9,19H2,1-2H3. The number of aryl methyl sites for hydroxylation is 1. The molecule has 2 rings (SSSR count). The van der Waals surface area contributed by atoms with E-state index in [0.717, 1.165) is 22.4 Å². The molecule has 0 aliphatic rings. The monoisotopic (exact) mass is 309 g/mol. The summed E-state index contributed by atoms with van der Waals surface area (Å²) >= 11 is 11.9. The van der Waals surface area contributed by atoms with Crippen LogP contribution in [0.4, 0.5) is 0 Å². The van der Waals surface area contributed by atoms with E-state index in [9.17, 15) is 0 Å². The summed E-state index contributed by atoms with van der Waals surface area (Å²) in [6.45, 7) is 4.43. The van der Waals surface area contributed by atoms with E-state index in [0.29, 0.717) is 16.7 Å². The summed E-state index contributed by atoms with van der Waals surface area (Å²) in [7, 11) is 0. The van der Waals surface area contributed by atoms with Gasteiger partial charge in [-0.2, -0.15) is 0 Å². The zero-order chi connectivity index (χ0) is 14.7. The maximum atomic E-state index is 5.98. The number of hydrogen-bond donors (Lipinski definition) is 1. The van der Waals surface area contributed by atoms with Crippen LogP contribution in [0.3, 0.4) is 0 Å². The lowest BCUT2D eigenvalue weighted by Crippen LogP contribution is -2.05. The average Bonchev–Trinajstić information content (AvgIpc) is 2.41. The molecule has 2 aromatic rings. The van der Waals surface area contributed by atoms with E-state index in [-0.39, 0.29) is 6.04 Å². The molecular formula is C16H17Cl2NO. The Morgan fingerprint density at radius 2 is 1.85 bits per heavy atom. The summed E-state index contributed by atoms with van der Waals surface area (Å²) < 4.78 is 5.81. The van der Waals surface area contributed by atoms with E-state index < -0.39 is 0 Å². The van der Waals surface area contributed by atoms with Gasteiger partial charge in [-0.25, -0.2) is 0 Å². The molecule has 0 aromatic heterocycles. The fourth-order valence-electron chi connectivity index (χ4n) is 1.91. The van der Waals surface area contributed by atoms with E-state index in [2.05, 4.69) is 6.07 Å². The number of nitrogens with two attached hydrogens (primary N) is 1. The summed E-state index contributed by atoms with van der Waals surface area (Å²) in [6.07, 6.45) is 0. The first-order valence-corrected chi connectivity index (χ1v) is 7.16. The van der Waals surface area contributed by atoms with Crippen LogP contribution in [0.1, 0.15) is 29.7 Å². The average molecular weight is 310 g/mol. The number of benzene rings is 2. The van der Waals surface area contributed by atoms with E-state index in [1.807, 2.05) is 38.1 Å². The molecule has 4 heteroatoms. The molecular weight excluding hydrogens is 293 g/mol. The molecule has 0 spiro atoms. The van der Waals surface area contributed by atoms with Crippen LogP contribution < -0.4 is 10.5 Å². The van der Waals surface area contributed by atoms with Crippen molar-refractivity contribution in [2.24, 2.45) is 5.73 Å². The van der Waals surface area contributed by atoms with Crippen molar-refractivity contribution in [2.75, 3.05) is 0 Å². The van der Waals surface area contributed by atoms with Gasteiger partial charge in [-0.15, -0.1) is 0 Å². The number of halogens is 2. The molecule has 2 N–H and O–H groups in total. The highest BCUT2D eigenvalue weighted by Crippen LogP contribution is 2.25. The molecule has 106 valence electrons. The predicted octanol–water partition coefficient (Wildman–Crippen LogP) is 4.90. The van der Waals surface area contributed by atoms with Crippen molar-refractivity contribution in [1.82, 2.24) is 0 Å². The lowest BCUT2D eigenvalue weighted by Gasteiger charge is -2.12. The van der Waals surface area contributed by atoms with Crippen LogP contribution in [0.5, 0.6) is 5.75 Å². The Bertz CT molecular complexity index is 611. The van der Waals surface area contributed by atoms with Gasteiger partial charge < -0.3 is 10.5 Å². The van der Waals surface area contributed by atoms with E-state index in [1.54, 1.807) is 6.07 Å². The van der Waals surface area contributed by atoms with Gasteiger partial charge >= 0.3 is 0 Å². The minimum Gasteiger partial charge on any atom is -0.489 e. The van der Waals surface area contributed by atoms with Gasteiger partial charge in [-0.1, -0.05) is 41.4 Å². The molecule has 2 nitrogen and oxygen atoms in total. The second-order valence-electron chi connectivity index (χ2n) is 4.85. The van der Waals surface area contributed by atoms with Gasteiger partial charge in [0.05, 0.1) is 10.0 Å². The van der Waals surface area contributed by atoms with Crippen LogP contribution in [-0.2, 0) is 6.61 Å². The third-order valence-corrected chi connectivity index (χ3v) is 3.84. The van der Waals surface area contributed by atoms with Crippen LogP contribution in [0, 0.1) is 6.92 Å². The first-order valence-electron chi connectivity index (χ1n) is 6.40. The second kappa shape index (κ2) is 6.49. The maximum absolute atomic E-state index is 5.98. The van der Waals surface area contributed by atoms with Crippen molar-refractivity contribution in [2.45, 2.75) is 26.5 Å². The maximum Gasteiger partial charge on any atom is 0.122 e. The Labute approximate surface area is 129 Å². The van der Waals surface area contributed by atoms with Crippen molar-refractivity contribution in [3.8, 4) is 5.75 Å². The van der Waals surface area contributed by atoms with Gasteiger partial charge in [0, 0.05) is 6.04 Å². The van der Waals surface area contributed by atoms with Crippen LogP contribution >= 0.6 is 23.2 Å². The molecule has 0 saturated carbocycles. The molecule has 0 saturated heterocycles. The number of ether oxygens (including phenoxy) is 1. The van der Waals surface area contributed by atoms with E-state index >= 15 is 0 Å². The molecule has 0 fully saturated rings. The fraction of sp³-hybridized carbons (Fsp3) is 0.250. The smallest absolute Gasteiger partial charge is 0.122 e. The quantitative estimate of drug-likeness (QED) is 0.871. The van der Waals surface area contributed by atoms with E-state index in [4.69, 9.17) is 33.7 Å². The topological polar surface area (TPSA) is 35.2 Å². The summed E-state index contributed by atoms with van der Waals surface area (Å²) in [5.41, 5.74) is 9.01. The van der Waals surface area contributed by atoms with E-state index in [1.165, 1.54) is 0 Å². The third-order valence-electron chi connectivity index (χ3n) is 3.10. The van der Waals surface area contributed by atoms with Gasteiger partial charge in [0.15, 0.2) is 0 Å².